The van der Waals surface area contributed by atoms with Crippen LogP contribution in [0.15, 0.2) is 72.8 Å². The Morgan fingerprint density at radius 3 is 2.00 bits per heavy atom. The molecule has 13 heteroatoms. The first kappa shape index (κ1) is 35.6. The highest BCUT2D eigenvalue weighted by Crippen LogP contribution is 2.44. The fourth-order valence-electron chi connectivity index (χ4n) is 5.37. The minimum absolute atomic E-state index is 0.0659. The topological polar surface area (TPSA) is 147 Å². The van der Waals surface area contributed by atoms with Crippen molar-refractivity contribution in [1.29, 1.82) is 0 Å². The lowest BCUT2D eigenvalue weighted by molar-refractivity contribution is -0.159. The molecule has 0 aliphatic heterocycles. The molecule has 0 unspecified atom stereocenters. The summed E-state index contributed by atoms with van der Waals surface area (Å²) < 4.78 is 50.5. The van der Waals surface area contributed by atoms with E-state index in [1.54, 1.807) is 20.8 Å². The Hall–Kier alpha value is -5.29. The van der Waals surface area contributed by atoms with E-state index < -0.39 is 53.2 Å². The second-order valence-corrected chi connectivity index (χ2v) is 12.3. The van der Waals surface area contributed by atoms with Crippen molar-refractivity contribution in [3.8, 4) is 11.1 Å². The van der Waals surface area contributed by atoms with Crippen molar-refractivity contribution in [3.05, 3.63) is 101 Å². The van der Waals surface area contributed by atoms with Gasteiger partial charge in [-0.05, 0) is 67.1 Å². The summed E-state index contributed by atoms with van der Waals surface area (Å²) in [6.45, 7) is 4.77. The summed E-state index contributed by atoms with van der Waals surface area (Å²) in [5, 5.41) is 4.99. The second kappa shape index (κ2) is 15.1. The van der Waals surface area contributed by atoms with Crippen LogP contribution >= 0.6 is 0 Å². The molecule has 48 heavy (non-hydrogen) atoms. The number of alkyl carbamates (subject to hydrolysis) is 1. The zero-order chi connectivity index (χ0) is 35.1. The largest absolute Gasteiger partial charge is 0.458 e. The number of fused-ring (bicyclic) bond motifs is 3. The number of ether oxygens (including phenoxy) is 2. The van der Waals surface area contributed by atoms with E-state index in [4.69, 9.17) is 15.0 Å². The molecule has 1 aliphatic carbocycles. The van der Waals surface area contributed by atoms with Gasteiger partial charge in [-0.1, -0.05) is 60.7 Å². The van der Waals surface area contributed by atoms with Crippen molar-refractivity contribution in [3.63, 3.8) is 0 Å². The Kier molecular flexibility index (Phi) is 11.2. The van der Waals surface area contributed by atoms with Crippen LogP contribution in [0, 0.1) is 0 Å². The van der Waals surface area contributed by atoms with Crippen LogP contribution in [0.3, 0.4) is 0 Å². The summed E-state index contributed by atoms with van der Waals surface area (Å²) in [6, 6.07) is 16.7. The molecule has 3 aromatic carbocycles. The number of Topliss-reactive ketones (excluding diaryl/α,β-unsaturated/α-hetero) is 1. The summed E-state index contributed by atoms with van der Waals surface area (Å²) in [7, 11) is 0. The highest BCUT2D eigenvalue weighted by atomic mass is 19.4. The number of nitrogens with one attached hydrogen (secondary N) is 2. The molecule has 0 fully saturated rings. The summed E-state index contributed by atoms with van der Waals surface area (Å²) >= 11 is 0. The van der Waals surface area contributed by atoms with Gasteiger partial charge in [-0.15, -0.1) is 0 Å². The Balaban J connectivity index is 1.54. The van der Waals surface area contributed by atoms with Crippen molar-refractivity contribution < 1.29 is 46.6 Å². The van der Waals surface area contributed by atoms with Crippen LogP contribution in [-0.4, -0.2) is 59.0 Å². The first-order valence-electron chi connectivity index (χ1n) is 15.2. The van der Waals surface area contributed by atoms with Crippen LogP contribution < -0.4 is 10.6 Å². The molecule has 0 saturated carbocycles. The van der Waals surface area contributed by atoms with E-state index in [-0.39, 0.29) is 37.4 Å². The Labute approximate surface area is 275 Å². The smallest absolute Gasteiger partial charge is 0.416 e. The molecular weight excluding hydrogens is 629 g/mol. The molecule has 0 aromatic heterocycles. The number of halogens is 3. The van der Waals surface area contributed by atoms with Crippen molar-refractivity contribution in [2.75, 3.05) is 6.61 Å². The molecule has 1 aliphatic rings. The van der Waals surface area contributed by atoms with Crippen LogP contribution in [0.4, 0.5) is 18.0 Å². The Bertz CT molecular complexity index is 1670. The third kappa shape index (κ3) is 9.38. The first-order chi connectivity index (χ1) is 22.7. The van der Waals surface area contributed by atoms with Crippen LogP contribution in [0.25, 0.3) is 16.7 Å². The Morgan fingerprint density at radius 2 is 1.46 bits per heavy atom. The van der Waals surface area contributed by atoms with Gasteiger partial charge in [0.2, 0.25) is 11.7 Å². The van der Waals surface area contributed by atoms with E-state index in [2.05, 4.69) is 15.4 Å². The normalized spacial score (nSPS) is 13.6. The average Bonchev–Trinajstić information content (AvgIpc) is 3.34. The summed E-state index contributed by atoms with van der Waals surface area (Å²) in [5.74, 6) is -2.64. The van der Waals surface area contributed by atoms with Crippen molar-refractivity contribution in [2.45, 2.75) is 69.8 Å². The zero-order valence-corrected chi connectivity index (χ0v) is 26.5. The molecule has 252 valence electrons. The predicted molar refractivity (Wildman–Crippen MR) is 169 cm³/mol. The molecule has 2 atom stereocenters. The maximum atomic E-state index is 13.6. The van der Waals surface area contributed by atoms with Gasteiger partial charge in [0.15, 0.2) is 0 Å². The van der Waals surface area contributed by atoms with Gasteiger partial charge in [0.05, 0.1) is 5.56 Å². The quantitative estimate of drug-likeness (QED) is 0.111. The minimum atomic E-state index is -4.58. The van der Waals surface area contributed by atoms with Gasteiger partial charge in [0.25, 0.3) is 0 Å². The van der Waals surface area contributed by atoms with E-state index >= 15 is 0 Å². The lowest BCUT2D eigenvalue weighted by Gasteiger charge is -2.26. The van der Waals surface area contributed by atoms with E-state index in [9.17, 15) is 32.3 Å². The number of hydrogen-bond acceptors (Lipinski definition) is 6. The highest BCUT2D eigenvalue weighted by Gasteiger charge is 2.34. The van der Waals surface area contributed by atoms with Gasteiger partial charge in [0, 0.05) is 18.8 Å². The molecule has 0 bridgehead atoms. The molecule has 10 nitrogen and oxygen atoms in total. The van der Waals surface area contributed by atoms with Crippen molar-refractivity contribution >= 4 is 30.0 Å². The van der Waals surface area contributed by atoms with Gasteiger partial charge < -0.3 is 25.6 Å². The van der Waals surface area contributed by atoms with Crippen LogP contribution in [0.5, 0.6) is 0 Å². The number of alkyl halides is 3. The number of nitrogens with zero attached hydrogens (tertiary/aromatic N) is 2. The summed E-state index contributed by atoms with van der Waals surface area (Å²) in [6.07, 6.45) is -5.67. The molecule has 0 radical (unpaired) electrons. The van der Waals surface area contributed by atoms with Gasteiger partial charge in [0.1, 0.15) is 24.3 Å². The molecule has 3 aromatic rings. The molecule has 2 amide bonds. The number of hydrogen-bond donors (Lipinski definition) is 2. The first-order valence-corrected chi connectivity index (χ1v) is 15.2. The van der Waals surface area contributed by atoms with E-state index in [1.165, 1.54) is 12.1 Å². The third-order valence-corrected chi connectivity index (χ3v) is 7.56. The third-order valence-electron chi connectivity index (χ3n) is 7.56. The number of amides is 2. The number of ketones is 1. The maximum absolute atomic E-state index is 13.6. The van der Waals surface area contributed by atoms with Crippen LogP contribution in [0.2, 0.25) is 0 Å². The molecular formula is C35H35F3N4O6. The maximum Gasteiger partial charge on any atom is 0.416 e. The van der Waals surface area contributed by atoms with Gasteiger partial charge in [-0.25, -0.2) is 9.59 Å². The lowest BCUT2D eigenvalue weighted by Crippen LogP contribution is -2.53. The zero-order valence-electron chi connectivity index (χ0n) is 26.5. The number of benzene rings is 3. The monoisotopic (exact) mass is 664 g/mol. The van der Waals surface area contributed by atoms with Gasteiger partial charge in [-0.2, -0.15) is 18.0 Å². The standard InChI is InChI=1S/C35H35F3N4O6/c1-34(2,3)48-32(45)29(17-16-23(43)19-40-39)41-31(44)30(18-21-12-14-22(15-13-21)35(36,37)38)42-33(46)47-20-28-26-10-6-4-8-24(26)25-9-5-7-11-27(25)28/h4-15,19,28-30H,16-18,20H2,1-3H3,(H,41,44)(H,42,46)/t29-,30-/m0/s1. The molecule has 4 rings (SSSR count). The molecule has 0 saturated heterocycles. The van der Waals surface area contributed by atoms with Gasteiger partial charge >= 0.3 is 24.5 Å². The SMILES string of the molecule is CC(C)(C)OC(=O)[C@H](CCC(=O)C=[N+]=[N-])NC(=O)[C@H](Cc1ccc(C(F)(F)F)cc1)NC(=O)OCC1c2ccccc2-c2ccccc21. The predicted octanol–water partition coefficient (Wildman–Crippen LogP) is 5.63. The van der Waals surface area contributed by atoms with Crippen LogP contribution in [0.1, 0.15) is 61.8 Å². The lowest BCUT2D eigenvalue weighted by atomic mass is 9.98. The molecule has 0 spiro atoms. The number of carbonyl (C=O) groups is 4. The minimum Gasteiger partial charge on any atom is -0.458 e. The highest BCUT2D eigenvalue weighted by molar-refractivity contribution is 6.25. The summed E-state index contributed by atoms with van der Waals surface area (Å²) in [4.78, 5) is 54.4. The Morgan fingerprint density at radius 1 is 0.875 bits per heavy atom. The molecule has 0 heterocycles. The number of rotatable bonds is 12. The van der Waals surface area contributed by atoms with Gasteiger partial charge in [-0.3, -0.25) is 9.59 Å². The van der Waals surface area contributed by atoms with E-state index in [1.807, 2.05) is 48.5 Å². The van der Waals surface area contributed by atoms with E-state index in [0.717, 1.165) is 34.4 Å². The van der Waals surface area contributed by atoms with Crippen molar-refractivity contribution in [1.82, 2.24) is 10.6 Å². The van der Waals surface area contributed by atoms with Crippen molar-refractivity contribution in [2.24, 2.45) is 0 Å². The molecule has 2 N–H and O–H groups in total. The fraction of sp³-hybridized carbons (Fsp3) is 0.343. The number of carbonyl (C=O) groups excluding carboxylic acids is 4. The van der Waals surface area contributed by atoms with Crippen LogP contribution in [-0.2, 0) is 36.5 Å². The van der Waals surface area contributed by atoms with E-state index in [0.29, 0.717) is 6.21 Å². The number of esters is 1. The average molecular weight is 665 g/mol. The summed E-state index contributed by atoms with van der Waals surface area (Å²) in [5.41, 5.74) is 11.0. The fourth-order valence-corrected chi connectivity index (χ4v) is 5.37. The second-order valence-electron chi connectivity index (χ2n) is 12.3.